The van der Waals surface area contributed by atoms with Crippen LogP contribution in [0.15, 0.2) is 0 Å². The highest BCUT2D eigenvalue weighted by molar-refractivity contribution is 7.89. The number of rotatable bonds is 4. The van der Waals surface area contributed by atoms with Crippen molar-refractivity contribution >= 4 is 28.3 Å². The van der Waals surface area contributed by atoms with Crippen molar-refractivity contribution in [2.45, 2.75) is 44.2 Å². The first kappa shape index (κ1) is 20.5. The lowest BCUT2D eigenvalue weighted by atomic mass is 10.0. The minimum atomic E-state index is -3.25. The number of alkyl halides is 2. The minimum Gasteiger partial charge on any atom is -0.341 e. The highest BCUT2D eigenvalue weighted by Crippen LogP contribution is 2.27. The maximum absolute atomic E-state index is 13.2. The Morgan fingerprint density at radius 3 is 2.35 bits per heavy atom. The molecule has 0 bridgehead atoms. The molecule has 0 radical (unpaired) electrons. The Kier molecular flexibility index (Phi) is 6.77. The van der Waals surface area contributed by atoms with Gasteiger partial charge in [0.15, 0.2) is 0 Å². The summed E-state index contributed by atoms with van der Waals surface area (Å²) in [6.07, 6.45) is 0.602. The molecule has 1 unspecified atom stereocenters. The van der Waals surface area contributed by atoms with E-state index in [1.165, 1.54) is 4.31 Å². The standard InChI is InChI=1S/C13H23F2N3O3S.ClH/c1-3-22(20,21)17(2)10-4-6-18(7-5-10)12(19)11-8-13(14,15)9-16-11;/h10-11,16H,3-9H2,1-2H3;1H. The second-order valence-electron chi connectivity index (χ2n) is 5.97. The summed E-state index contributed by atoms with van der Waals surface area (Å²) in [7, 11) is -1.69. The summed E-state index contributed by atoms with van der Waals surface area (Å²) < 4.78 is 51.4. The molecule has 10 heteroatoms. The van der Waals surface area contributed by atoms with Gasteiger partial charge in [-0.3, -0.25) is 10.1 Å². The van der Waals surface area contributed by atoms with Crippen molar-refractivity contribution in [3.05, 3.63) is 0 Å². The van der Waals surface area contributed by atoms with E-state index in [1.807, 2.05) is 0 Å². The molecule has 2 rings (SSSR count). The SMILES string of the molecule is CCS(=O)(=O)N(C)C1CCN(C(=O)C2CC(F)(F)CN2)CC1.Cl. The van der Waals surface area contributed by atoms with Crippen LogP contribution in [-0.2, 0) is 14.8 Å². The van der Waals surface area contributed by atoms with Gasteiger partial charge >= 0.3 is 0 Å². The van der Waals surface area contributed by atoms with Gasteiger partial charge in [-0.2, -0.15) is 0 Å². The van der Waals surface area contributed by atoms with E-state index in [4.69, 9.17) is 0 Å². The Bertz CT molecular complexity index is 525. The van der Waals surface area contributed by atoms with Gasteiger partial charge in [0.05, 0.1) is 18.3 Å². The molecular weight excluding hydrogens is 352 g/mol. The zero-order valence-corrected chi connectivity index (χ0v) is 14.9. The van der Waals surface area contributed by atoms with Gasteiger partial charge in [0.2, 0.25) is 15.9 Å². The van der Waals surface area contributed by atoms with E-state index in [0.717, 1.165) is 0 Å². The van der Waals surface area contributed by atoms with Crippen LogP contribution in [0.2, 0.25) is 0 Å². The molecule has 2 heterocycles. The van der Waals surface area contributed by atoms with Gasteiger partial charge in [0.1, 0.15) is 0 Å². The molecule has 136 valence electrons. The van der Waals surface area contributed by atoms with Crippen molar-refractivity contribution in [1.29, 1.82) is 0 Å². The van der Waals surface area contributed by atoms with Crippen molar-refractivity contribution in [3.63, 3.8) is 0 Å². The molecule has 0 aromatic carbocycles. The fourth-order valence-electron chi connectivity index (χ4n) is 2.99. The molecule has 2 saturated heterocycles. The molecule has 0 aromatic rings. The Balaban J connectivity index is 0.00000264. The summed E-state index contributed by atoms with van der Waals surface area (Å²) in [6.45, 7) is 1.93. The Labute approximate surface area is 142 Å². The van der Waals surface area contributed by atoms with Crippen LogP contribution in [0, 0.1) is 0 Å². The number of hydrogen-bond donors (Lipinski definition) is 1. The second kappa shape index (κ2) is 7.58. The monoisotopic (exact) mass is 375 g/mol. The van der Waals surface area contributed by atoms with E-state index >= 15 is 0 Å². The van der Waals surface area contributed by atoms with Crippen molar-refractivity contribution < 1.29 is 22.0 Å². The molecule has 2 fully saturated rings. The number of likely N-dealkylation sites (tertiary alicyclic amines) is 1. The number of hydrogen-bond acceptors (Lipinski definition) is 4. The van der Waals surface area contributed by atoms with E-state index in [2.05, 4.69) is 5.32 Å². The fraction of sp³-hybridized carbons (Fsp3) is 0.923. The Morgan fingerprint density at radius 1 is 1.35 bits per heavy atom. The number of piperidine rings is 1. The topological polar surface area (TPSA) is 69.7 Å². The fourth-order valence-corrected chi connectivity index (χ4v) is 4.06. The minimum absolute atomic E-state index is 0. The summed E-state index contributed by atoms with van der Waals surface area (Å²) in [6, 6.07) is -0.962. The molecule has 6 nitrogen and oxygen atoms in total. The molecule has 2 aliphatic heterocycles. The predicted octanol–water partition coefficient (Wildman–Crippen LogP) is 0.678. The highest BCUT2D eigenvalue weighted by atomic mass is 35.5. The summed E-state index contributed by atoms with van der Waals surface area (Å²) in [5.41, 5.74) is 0. The van der Waals surface area contributed by atoms with Crippen LogP contribution < -0.4 is 5.32 Å². The van der Waals surface area contributed by atoms with E-state index < -0.39 is 35.0 Å². The van der Waals surface area contributed by atoms with Gasteiger partial charge in [0.25, 0.3) is 5.92 Å². The van der Waals surface area contributed by atoms with E-state index in [9.17, 15) is 22.0 Å². The lowest BCUT2D eigenvalue weighted by molar-refractivity contribution is -0.135. The first-order valence-electron chi connectivity index (χ1n) is 7.52. The van der Waals surface area contributed by atoms with Gasteiger partial charge in [0, 0.05) is 32.6 Å². The number of sulfonamides is 1. The summed E-state index contributed by atoms with van der Waals surface area (Å²) in [5, 5.41) is 2.56. The average molecular weight is 376 g/mol. The molecule has 1 amide bonds. The van der Waals surface area contributed by atoms with Crippen LogP contribution in [0.1, 0.15) is 26.2 Å². The number of halogens is 3. The lowest BCUT2D eigenvalue weighted by Crippen LogP contribution is -2.51. The molecule has 0 saturated carbocycles. The third-order valence-electron chi connectivity index (χ3n) is 4.50. The summed E-state index contributed by atoms with van der Waals surface area (Å²) in [4.78, 5) is 13.8. The van der Waals surface area contributed by atoms with Crippen molar-refractivity contribution in [1.82, 2.24) is 14.5 Å². The van der Waals surface area contributed by atoms with Gasteiger partial charge in [-0.25, -0.2) is 21.5 Å². The molecule has 2 aliphatic rings. The average Bonchev–Trinajstić information content (AvgIpc) is 2.86. The maximum Gasteiger partial charge on any atom is 0.262 e. The zero-order valence-electron chi connectivity index (χ0n) is 13.3. The van der Waals surface area contributed by atoms with Gasteiger partial charge in [-0.1, -0.05) is 0 Å². The van der Waals surface area contributed by atoms with Gasteiger partial charge < -0.3 is 4.90 Å². The number of amides is 1. The molecular formula is C13H24ClF2N3O3S. The molecule has 23 heavy (non-hydrogen) atoms. The quantitative estimate of drug-likeness (QED) is 0.784. The molecule has 0 aliphatic carbocycles. The van der Waals surface area contributed by atoms with Crippen LogP contribution in [0.25, 0.3) is 0 Å². The normalized spacial score (nSPS) is 25.4. The number of nitrogens with one attached hydrogen (secondary N) is 1. The van der Waals surface area contributed by atoms with E-state index in [-0.39, 0.29) is 30.1 Å². The van der Waals surface area contributed by atoms with Gasteiger partial charge in [-0.05, 0) is 19.8 Å². The molecule has 1 N–H and O–H groups in total. The predicted molar refractivity (Wildman–Crippen MR) is 85.4 cm³/mol. The number of nitrogens with zero attached hydrogens (tertiary/aromatic N) is 2. The zero-order chi connectivity index (χ0) is 16.5. The summed E-state index contributed by atoms with van der Waals surface area (Å²) in [5.74, 6) is -3.09. The third-order valence-corrected chi connectivity index (χ3v) is 6.41. The van der Waals surface area contributed by atoms with Crippen LogP contribution in [0.5, 0.6) is 0 Å². The summed E-state index contributed by atoms with van der Waals surface area (Å²) >= 11 is 0. The maximum atomic E-state index is 13.2. The van der Waals surface area contributed by atoms with Crippen molar-refractivity contribution in [2.75, 3.05) is 32.4 Å². The van der Waals surface area contributed by atoms with Crippen molar-refractivity contribution in [2.24, 2.45) is 0 Å². The van der Waals surface area contributed by atoms with E-state index in [1.54, 1.807) is 18.9 Å². The smallest absolute Gasteiger partial charge is 0.262 e. The van der Waals surface area contributed by atoms with Crippen LogP contribution in [0.4, 0.5) is 8.78 Å². The molecule has 1 atom stereocenters. The number of carbonyl (C=O) groups excluding carboxylic acids is 1. The van der Waals surface area contributed by atoms with E-state index in [0.29, 0.717) is 25.9 Å². The largest absolute Gasteiger partial charge is 0.341 e. The Hall–Kier alpha value is -0.510. The van der Waals surface area contributed by atoms with Gasteiger partial charge in [-0.15, -0.1) is 12.4 Å². The first-order valence-corrected chi connectivity index (χ1v) is 9.13. The van der Waals surface area contributed by atoms with Crippen molar-refractivity contribution in [3.8, 4) is 0 Å². The molecule has 0 aromatic heterocycles. The third kappa shape index (κ3) is 4.74. The van der Waals surface area contributed by atoms with Crippen LogP contribution >= 0.6 is 12.4 Å². The highest BCUT2D eigenvalue weighted by Gasteiger charge is 2.44. The first-order chi connectivity index (χ1) is 10.2. The van der Waals surface area contributed by atoms with Crippen LogP contribution in [-0.4, -0.2) is 74.0 Å². The lowest BCUT2D eigenvalue weighted by Gasteiger charge is -2.37. The second-order valence-corrected chi connectivity index (χ2v) is 8.28. The molecule has 0 spiro atoms. The Morgan fingerprint density at radius 2 is 1.91 bits per heavy atom. The van der Waals surface area contributed by atoms with Crippen LogP contribution in [0.3, 0.4) is 0 Å². The number of carbonyl (C=O) groups is 1.